The maximum Gasteiger partial charge on any atom is 0.375 e. The summed E-state index contributed by atoms with van der Waals surface area (Å²) in [4.78, 5) is 24.6. The van der Waals surface area contributed by atoms with Gasteiger partial charge in [-0.25, -0.2) is 4.79 Å². The Morgan fingerprint density at radius 1 is 1.11 bits per heavy atom. The van der Waals surface area contributed by atoms with E-state index in [4.69, 9.17) is 13.9 Å². The first-order valence-corrected chi connectivity index (χ1v) is 8.53. The van der Waals surface area contributed by atoms with Crippen molar-refractivity contribution in [3.63, 3.8) is 0 Å². The first kappa shape index (κ1) is 18.7. The summed E-state index contributed by atoms with van der Waals surface area (Å²) in [6, 6.07) is 13.0. The largest absolute Gasteiger partial charge is 0.450 e. The minimum Gasteiger partial charge on any atom is -0.450 e. The number of hydrogen-bond donors (Lipinski definition) is 1. The average Bonchev–Trinajstić information content (AvgIpc) is 3.02. The Bertz CT molecular complexity index is 989. The highest BCUT2D eigenvalue weighted by molar-refractivity contribution is 5.98. The van der Waals surface area contributed by atoms with Gasteiger partial charge in [0.05, 0.1) is 6.61 Å². The van der Waals surface area contributed by atoms with Crippen LogP contribution in [0.5, 0.6) is 0 Å². The quantitative estimate of drug-likeness (QED) is 0.667. The SMILES string of the molecule is COCc1c(C(=O)OCC(=O)Nc2cc(C)ccc2C)oc2ccccc12. The average molecular weight is 367 g/mol. The molecule has 1 amide bonds. The molecule has 0 aliphatic rings. The second-order valence-electron chi connectivity index (χ2n) is 6.28. The molecule has 3 rings (SSSR count). The van der Waals surface area contributed by atoms with Gasteiger partial charge in [-0.1, -0.05) is 30.3 Å². The molecule has 0 bridgehead atoms. The monoisotopic (exact) mass is 367 g/mol. The minimum absolute atomic E-state index is 0.0533. The number of hydrogen-bond acceptors (Lipinski definition) is 5. The number of furan rings is 1. The molecule has 6 heteroatoms. The molecule has 1 heterocycles. The number of benzene rings is 2. The summed E-state index contributed by atoms with van der Waals surface area (Å²) in [6.07, 6.45) is 0. The number of fused-ring (bicyclic) bond motifs is 1. The fraction of sp³-hybridized carbons (Fsp3) is 0.238. The lowest BCUT2D eigenvalue weighted by Gasteiger charge is -2.09. The molecule has 0 aliphatic heterocycles. The van der Waals surface area contributed by atoms with Gasteiger partial charge in [0.2, 0.25) is 5.76 Å². The molecule has 0 radical (unpaired) electrons. The molecular formula is C21H21NO5. The number of anilines is 1. The van der Waals surface area contributed by atoms with Gasteiger partial charge in [0, 0.05) is 23.7 Å². The maximum absolute atomic E-state index is 12.4. The van der Waals surface area contributed by atoms with Gasteiger partial charge in [0.15, 0.2) is 6.61 Å². The first-order valence-electron chi connectivity index (χ1n) is 8.53. The highest BCUT2D eigenvalue weighted by Gasteiger charge is 2.22. The molecule has 0 atom stereocenters. The number of carbonyl (C=O) groups excluding carboxylic acids is 2. The Morgan fingerprint density at radius 2 is 1.89 bits per heavy atom. The van der Waals surface area contributed by atoms with Crippen molar-refractivity contribution in [3.05, 3.63) is 64.9 Å². The Labute approximate surface area is 157 Å². The van der Waals surface area contributed by atoms with Crippen LogP contribution in [0, 0.1) is 13.8 Å². The summed E-state index contributed by atoms with van der Waals surface area (Å²) in [5.74, 6) is -1.06. The van der Waals surface area contributed by atoms with Crippen LogP contribution >= 0.6 is 0 Å². The van der Waals surface area contributed by atoms with Crippen molar-refractivity contribution >= 4 is 28.5 Å². The lowest BCUT2D eigenvalue weighted by atomic mass is 10.1. The Kier molecular flexibility index (Phi) is 5.57. The van der Waals surface area contributed by atoms with Crippen LogP contribution in [0.15, 0.2) is 46.9 Å². The summed E-state index contributed by atoms with van der Waals surface area (Å²) < 4.78 is 15.9. The second kappa shape index (κ2) is 8.05. The van der Waals surface area contributed by atoms with Crippen molar-refractivity contribution in [2.24, 2.45) is 0 Å². The van der Waals surface area contributed by atoms with Crippen molar-refractivity contribution in [1.82, 2.24) is 0 Å². The lowest BCUT2D eigenvalue weighted by Crippen LogP contribution is -2.21. The van der Waals surface area contributed by atoms with E-state index >= 15 is 0 Å². The highest BCUT2D eigenvalue weighted by Crippen LogP contribution is 2.27. The molecule has 0 saturated heterocycles. The third kappa shape index (κ3) is 4.17. The number of nitrogens with one attached hydrogen (secondary N) is 1. The van der Waals surface area contributed by atoms with E-state index in [-0.39, 0.29) is 12.4 Å². The lowest BCUT2D eigenvalue weighted by molar-refractivity contribution is -0.119. The predicted octanol–water partition coefficient (Wildman–Crippen LogP) is 3.99. The van der Waals surface area contributed by atoms with Crippen LogP contribution in [0.1, 0.15) is 27.2 Å². The van der Waals surface area contributed by atoms with Crippen molar-refractivity contribution in [2.45, 2.75) is 20.5 Å². The molecular weight excluding hydrogens is 346 g/mol. The molecule has 0 saturated carbocycles. The number of carbonyl (C=O) groups is 2. The van der Waals surface area contributed by atoms with E-state index < -0.39 is 18.5 Å². The predicted molar refractivity (Wildman–Crippen MR) is 102 cm³/mol. The molecule has 1 N–H and O–H groups in total. The van der Waals surface area contributed by atoms with Crippen molar-refractivity contribution in [2.75, 3.05) is 19.0 Å². The number of esters is 1. The molecule has 0 aliphatic carbocycles. The summed E-state index contributed by atoms with van der Waals surface area (Å²) in [6.45, 7) is 3.63. The molecule has 0 unspecified atom stereocenters. The normalized spacial score (nSPS) is 10.8. The summed E-state index contributed by atoms with van der Waals surface area (Å²) in [7, 11) is 1.54. The van der Waals surface area contributed by atoms with Gasteiger partial charge in [-0.15, -0.1) is 0 Å². The number of ether oxygens (including phenoxy) is 2. The number of rotatable bonds is 6. The molecule has 3 aromatic rings. The summed E-state index contributed by atoms with van der Waals surface area (Å²) in [5, 5.41) is 3.54. The van der Waals surface area contributed by atoms with Crippen LogP contribution in [-0.4, -0.2) is 25.6 Å². The smallest absolute Gasteiger partial charge is 0.375 e. The molecule has 1 aromatic heterocycles. The van der Waals surface area contributed by atoms with Gasteiger partial charge < -0.3 is 19.2 Å². The Hall–Kier alpha value is -3.12. The van der Waals surface area contributed by atoms with E-state index in [1.807, 2.05) is 50.2 Å². The maximum atomic E-state index is 12.4. The third-order valence-corrected chi connectivity index (χ3v) is 4.17. The molecule has 2 aromatic carbocycles. The van der Waals surface area contributed by atoms with Crippen molar-refractivity contribution in [1.29, 1.82) is 0 Å². The fourth-order valence-electron chi connectivity index (χ4n) is 2.80. The Morgan fingerprint density at radius 3 is 2.67 bits per heavy atom. The standard InChI is InChI=1S/C21H21NO5/c1-13-8-9-14(2)17(10-13)22-19(23)12-26-21(24)20-16(11-25-3)15-6-4-5-7-18(15)27-20/h4-10H,11-12H2,1-3H3,(H,22,23). The van der Waals surface area contributed by atoms with Crippen LogP contribution in [0.25, 0.3) is 11.0 Å². The van der Waals surface area contributed by atoms with Gasteiger partial charge in [0.25, 0.3) is 5.91 Å². The molecule has 27 heavy (non-hydrogen) atoms. The van der Waals surface area contributed by atoms with E-state index in [0.717, 1.165) is 16.5 Å². The minimum atomic E-state index is -0.700. The zero-order valence-corrected chi connectivity index (χ0v) is 15.5. The van der Waals surface area contributed by atoms with E-state index in [1.54, 1.807) is 6.07 Å². The van der Waals surface area contributed by atoms with Crippen LogP contribution < -0.4 is 5.32 Å². The van der Waals surface area contributed by atoms with Crippen LogP contribution in [0.2, 0.25) is 0 Å². The van der Waals surface area contributed by atoms with Crippen LogP contribution in [-0.2, 0) is 20.9 Å². The van der Waals surface area contributed by atoms with E-state index in [9.17, 15) is 9.59 Å². The van der Waals surface area contributed by atoms with Crippen molar-refractivity contribution < 1.29 is 23.5 Å². The molecule has 140 valence electrons. The molecule has 0 fully saturated rings. The third-order valence-electron chi connectivity index (χ3n) is 4.17. The van der Waals surface area contributed by atoms with Crippen molar-refractivity contribution in [3.8, 4) is 0 Å². The van der Waals surface area contributed by atoms with Gasteiger partial charge in [0.1, 0.15) is 5.58 Å². The van der Waals surface area contributed by atoms with Gasteiger partial charge in [-0.2, -0.15) is 0 Å². The first-order chi connectivity index (χ1) is 13.0. The van der Waals surface area contributed by atoms with Gasteiger partial charge in [-0.3, -0.25) is 4.79 Å². The molecule has 0 spiro atoms. The highest BCUT2D eigenvalue weighted by atomic mass is 16.5. The zero-order valence-electron chi connectivity index (χ0n) is 15.5. The van der Waals surface area contributed by atoms with Crippen LogP contribution in [0.4, 0.5) is 5.69 Å². The number of para-hydroxylation sites is 1. The van der Waals surface area contributed by atoms with Crippen LogP contribution in [0.3, 0.4) is 0 Å². The Balaban J connectivity index is 1.70. The second-order valence-corrected chi connectivity index (χ2v) is 6.28. The number of aryl methyl sites for hydroxylation is 2. The van der Waals surface area contributed by atoms with E-state index in [1.165, 1.54) is 7.11 Å². The molecule has 6 nitrogen and oxygen atoms in total. The van der Waals surface area contributed by atoms with Gasteiger partial charge >= 0.3 is 5.97 Å². The topological polar surface area (TPSA) is 77.8 Å². The number of amides is 1. The van der Waals surface area contributed by atoms with Gasteiger partial charge in [-0.05, 0) is 37.1 Å². The zero-order chi connectivity index (χ0) is 19.4. The summed E-state index contributed by atoms with van der Waals surface area (Å²) >= 11 is 0. The fourth-order valence-corrected chi connectivity index (χ4v) is 2.80. The summed E-state index contributed by atoms with van der Waals surface area (Å²) in [5.41, 5.74) is 3.82. The number of methoxy groups -OCH3 is 1. The van der Waals surface area contributed by atoms with E-state index in [0.29, 0.717) is 16.8 Å². The van der Waals surface area contributed by atoms with E-state index in [2.05, 4.69) is 5.32 Å².